The van der Waals surface area contributed by atoms with Crippen molar-refractivity contribution < 1.29 is 14.6 Å². The fourth-order valence-electron chi connectivity index (χ4n) is 3.25. The van der Waals surface area contributed by atoms with Gasteiger partial charge in [-0.25, -0.2) is 4.79 Å². The van der Waals surface area contributed by atoms with Gasteiger partial charge in [0.2, 0.25) is 0 Å². The third-order valence-electron chi connectivity index (χ3n) is 4.68. The molecule has 1 aromatic rings. The van der Waals surface area contributed by atoms with Crippen LogP contribution in [-0.4, -0.2) is 35.8 Å². The molecule has 0 unspecified atom stereocenters. The first kappa shape index (κ1) is 12.5. The van der Waals surface area contributed by atoms with Gasteiger partial charge in [0, 0.05) is 18.5 Å². The maximum Gasteiger partial charge on any atom is 0.410 e. The number of aliphatic hydroxyl groups is 1. The summed E-state index contributed by atoms with van der Waals surface area (Å²) in [5, 5.41) is 9.46. The van der Waals surface area contributed by atoms with E-state index in [1.165, 1.54) is 0 Å². The molecule has 0 aromatic heterocycles. The van der Waals surface area contributed by atoms with Crippen molar-refractivity contribution in [2.75, 3.05) is 19.7 Å². The summed E-state index contributed by atoms with van der Waals surface area (Å²) in [6.07, 6.45) is 0.740. The average molecular weight is 261 g/mol. The molecule has 1 saturated carbocycles. The summed E-state index contributed by atoms with van der Waals surface area (Å²) in [7, 11) is 0. The van der Waals surface area contributed by atoms with Gasteiger partial charge in [0.1, 0.15) is 6.61 Å². The molecule has 2 aliphatic rings. The van der Waals surface area contributed by atoms with E-state index in [0.29, 0.717) is 19.7 Å². The van der Waals surface area contributed by atoms with E-state index in [9.17, 15) is 9.90 Å². The molecule has 1 aromatic carbocycles. The second-order valence-electron chi connectivity index (χ2n) is 6.07. The average Bonchev–Trinajstić information content (AvgIpc) is 2.90. The highest BCUT2D eigenvalue weighted by molar-refractivity contribution is 5.69. The number of carbonyl (C=O) groups is 1. The number of hydrogen-bond donors (Lipinski definition) is 1. The zero-order chi connectivity index (χ0) is 13.5. The summed E-state index contributed by atoms with van der Waals surface area (Å²) >= 11 is 0. The summed E-state index contributed by atoms with van der Waals surface area (Å²) in [4.78, 5) is 13.7. The third-order valence-corrected chi connectivity index (χ3v) is 4.68. The third kappa shape index (κ3) is 2.00. The van der Waals surface area contributed by atoms with Crippen molar-refractivity contribution in [3.8, 4) is 0 Å². The Kier molecular flexibility index (Phi) is 2.78. The monoisotopic (exact) mass is 261 g/mol. The van der Waals surface area contributed by atoms with E-state index >= 15 is 0 Å². The largest absolute Gasteiger partial charge is 0.445 e. The number of ether oxygens (including phenoxy) is 1. The quantitative estimate of drug-likeness (QED) is 0.905. The summed E-state index contributed by atoms with van der Waals surface area (Å²) < 4.78 is 5.32. The summed E-state index contributed by atoms with van der Waals surface area (Å²) in [6.45, 7) is 3.91. The molecular weight excluding hydrogens is 242 g/mol. The first-order chi connectivity index (χ1) is 9.09. The summed E-state index contributed by atoms with van der Waals surface area (Å²) in [6, 6.07) is 9.66. The number of benzene rings is 1. The number of piperidine rings is 1. The second-order valence-corrected chi connectivity index (χ2v) is 6.07. The Morgan fingerprint density at radius 3 is 2.74 bits per heavy atom. The number of likely N-dealkylation sites (tertiary alicyclic amines) is 1. The highest BCUT2D eigenvalue weighted by atomic mass is 16.6. The molecule has 1 amide bonds. The first-order valence-electron chi connectivity index (χ1n) is 6.65. The smallest absolute Gasteiger partial charge is 0.410 e. The van der Waals surface area contributed by atoms with Crippen molar-refractivity contribution in [3.05, 3.63) is 35.9 Å². The Hall–Kier alpha value is -1.55. The summed E-state index contributed by atoms with van der Waals surface area (Å²) in [5.74, 6) is 0. The van der Waals surface area contributed by atoms with Crippen LogP contribution in [0.3, 0.4) is 0 Å². The lowest BCUT2D eigenvalue weighted by molar-refractivity contribution is 0.0940. The van der Waals surface area contributed by atoms with Crippen LogP contribution in [0.4, 0.5) is 4.79 Å². The number of carbonyl (C=O) groups excluding carboxylic acids is 1. The Labute approximate surface area is 113 Å². The molecule has 1 aliphatic heterocycles. The SMILES string of the molecule is C[C@@]12CN(C(=O)OCc3ccccc3)C[C@]1(CO)C2. The van der Waals surface area contributed by atoms with Crippen molar-refractivity contribution in [3.63, 3.8) is 0 Å². The number of nitrogens with zero attached hydrogens (tertiary/aromatic N) is 1. The van der Waals surface area contributed by atoms with E-state index in [0.717, 1.165) is 12.0 Å². The van der Waals surface area contributed by atoms with Crippen LogP contribution in [0.15, 0.2) is 30.3 Å². The Balaban J connectivity index is 1.55. The lowest BCUT2D eigenvalue weighted by Gasteiger charge is -2.20. The minimum atomic E-state index is -0.273. The van der Waals surface area contributed by atoms with Gasteiger partial charge in [-0.2, -0.15) is 0 Å². The van der Waals surface area contributed by atoms with Crippen LogP contribution in [-0.2, 0) is 11.3 Å². The maximum absolute atomic E-state index is 12.0. The molecule has 2 atom stereocenters. The van der Waals surface area contributed by atoms with Crippen LogP contribution in [0.1, 0.15) is 18.9 Å². The van der Waals surface area contributed by atoms with Crippen LogP contribution in [0, 0.1) is 10.8 Å². The molecule has 0 spiro atoms. The van der Waals surface area contributed by atoms with E-state index < -0.39 is 0 Å². The molecule has 4 heteroatoms. The molecule has 3 rings (SSSR count). The van der Waals surface area contributed by atoms with Gasteiger partial charge in [-0.05, 0) is 17.4 Å². The van der Waals surface area contributed by atoms with Gasteiger partial charge >= 0.3 is 6.09 Å². The van der Waals surface area contributed by atoms with E-state index in [2.05, 4.69) is 6.92 Å². The number of fused-ring (bicyclic) bond motifs is 1. The van der Waals surface area contributed by atoms with Crippen LogP contribution in [0.2, 0.25) is 0 Å². The fraction of sp³-hybridized carbons (Fsp3) is 0.533. The number of rotatable bonds is 3. The normalized spacial score (nSPS) is 32.0. The minimum absolute atomic E-state index is 0.0707. The van der Waals surface area contributed by atoms with Crippen LogP contribution in [0.25, 0.3) is 0 Å². The molecule has 0 bridgehead atoms. The van der Waals surface area contributed by atoms with Gasteiger partial charge in [0.15, 0.2) is 0 Å². The first-order valence-corrected chi connectivity index (χ1v) is 6.65. The van der Waals surface area contributed by atoms with E-state index in [1.54, 1.807) is 4.90 Å². The number of hydrogen-bond acceptors (Lipinski definition) is 3. The molecule has 1 saturated heterocycles. The predicted octanol–water partition coefficient (Wildman–Crippen LogP) is 2.03. The molecule has 1 N–H and O–H groups in total. The predicted molar refractivity (Wildman–Crippen MR) is 70.4 cm³/mol. The van der Waals surface area contributed by atoms with Gasteiger partial charge in [0.05, 0.1) is 6.61 Å². The fourth-order valence-corrected chi connectivity index (χ4v) is 3.25. The topological polar surface area (TPSA) is 49.8 Å². The zero-order valence-electron chi connectivity index (χ0n) is 11.1. The highest BCUT2D eigenvalue weighted by Crippen LogP contribution is 2.67. The van der Waals surface area contributed by atoms with Crippen LogP contribution in [0.5, 0.6) is 0 Å². The van der Waals surface area contributed by atoms with E-state index in [-0.39, 0.29) is 23.5 Å². The van der Waals surface area contributed by atoms with E-state index in [1.807, 2.05) is 30.3 Å². The van der Waals surface area contributed by atoms with Crippen molar-refractivity contribution in [2.24, 2.45) is 10.8 Å². The van der Waals surface area contributed by atoms with Gasteiger partial charge in [-0.15, -0.1) is 0 Å². The van der Waals surface area contributed by atoms with Crippen LogP contribution < -0.4 is 0 Å². The number of amides is 1. The molecule has 19 heavy (non-hydrogen) atoms. The summed E-state index contributed by atoms with van der Waals surface area (Å²) in [5.41, 5.74) is 1.01. The lowest BCUT2D eigenvalue weighted by Crippen LogP contribution is -2.33. The van der Waals surface area contributed by atoms with Gasteiger partial charge in [-0.1, -0.05) is 37.3 Å². The molecule has 1 aliphatic carbocycles. The van der Waals surface area contributed by atoms with E-state index in [4.69, 9.17) is 4.74 Å². The molecule has 1 heterocycles. The molecular formula is C15H19NO3. The van der Waals surface area contributed by atoms with Gasteiger partial charge in [0.25, 0.3) is 0 Å². The highest BCUT2D eigenvalue weighted by Gasteiger charge is 2.69. The second kappa shape index (κ2) is 4.23. The Morgan fingerprint density at radius 1 is 1.37 bits per heavy atom. The van der Waals surface area contributed by atoms with Gasteiger partial charge in [-0.3, -0.25) is 0 Å². The Morgan fingerprint density at radius 2 is 2.11 bits per heavy atom. The molecule has 2 fully saturated rings. The van der Waals surface area contributed by atoms with Crippen molar-refractivity contribution in [1.82, 2.24) is 4.90 Å². The molecule has 102 valence electrons. The standard InChI is InChI=1S/C15H19NO3/c1-14-8-15(14,11-17)10-16(9-14)13(18)19-7-12-5-3-2-4-6-12/h2-6,17H,7-11H2,1H3/t14-,15+/m1/s1. The minimum Gasteiger partial charge on any atom is -0.445 e. The molecule has 0 radical (unpaired) electrons. The Bertz CT molecular complexity index is 489. The zero-order valence-corrected chi connectivity index (χ0v) is 11.1. The van der Waals surface area contributed by atoms with Crippen molar-refractivity contribution in [2.45, 2.75) is 20.0 Å². The van der Waals surface area contributed by atoms with Gasteiger partial charge < -0.3 is 14.7 Å². The maximum atomic E-state index is 12.0. The van der Waals surface area contributed by atoms with Crippen molar-refractivity contribution in [1.29, 1.82) is 0 Å². The number of aliphatic hydroxyl groups excluding tert-OH is 1. The molecule has 4 nitrogen and oxygen atoms in total. The van der Waals surface area contributed by atoms with Crippen LogP contribution >= 0.6 is 0 Å². The lowest BCUT2D eigenvalue weighted by atomic mass is 10.00. The van der Waals surface area contributed by atoms with Crippen molar-refractivity contribution >= 4 is 6.09 Å².